The Morgan fingerprint density at radius 3 is 2.69 bits per heavy atom. The number of hydrogen-bond donors (Lipinski definition) is 2. The number of rotatable bonds is 11. The van der Waals surface area contributed by atoms with Gasteiger partial charge in [0, 0.05) is 32.3 Å². The highest BCUT2D eigenvalue weighted by Crippen LogP contribution is 2.37. The van der Waals surface area contributed by atoms with Crippen molar-refractivity contribution in [1.29, 1.82) is 0 Å². The molecule has 0 spiro atoms. The zero-order valence-electron chi connectivity index (χ0n) is 19.7. The Morgan fingerprint density at radius 2 is 2.06 bits per heavy atom. The number of amides is 1. The Hall–Kier alpha value is -3.29. The Balaban J connectivity index is 1.60. The van der Waals surface area contributed by atoms with E-state index in [0.717, 1.165) is 12.8 Å². The summed E-state index contributed by atoms with van der Waals surface area (Å²) in [6, 6.07) is 3.10. The molecule has 1 aliphatic carbocycles. The van der Waals surface area contributed by atoms with Gasteiger partial charge in [0.05, 0.1) is 19.9 Å². The van der Waals surface area contributed by atoms with Crippen molar-refractivity contribution in [1.82, 2.24) is 14.8 Å². The largest absolute Gasteiger partial charge is 0.489 e. The summed E-state index contributed by atoms with van der Waals surface area (Å²) in [5.74, 6) is -1.35. The minimum atomic E-state index is -3.03. The molecule has 3 N–H and O–H groups in total. The summed E-state index contributed by atoms with van der Waals surface area (Å²) in [6.07, 6.45) is 2.01. The molecule has 196 valence electrons. The lowest BCUT2D eigenvalue weighted by Gasteiger charge is -2.38. The molecule has 11 nitrogen and oxygen atoms in total. The van der Waals surface area contributed by atoms with Gasteiger partial charge in [-0.1, -0.05) is 0 Å². The smallest absolute Gasteiger partial charge is 0.387 e. The predicted molar refractivity (Wildman–Crippen MR) is 121 cm³/mol. The third-order valence-electron chi connectivity index (χ3n) is 5.99. The zero-order chi connectivity index (χ0) is 25.8. The van der Waals surface area contributed by atoms with Crippen molar-refractivity contribution in [3.63, 3.8) is 0 Å². The van der Waals surface area contributed by atoms with Crippen LogP contribution in [0.5, 0.6) is 11.5 Å². The number of nitrogens with two attached hydrogens (primary N) is 1. The molecule has 1 aromatic heterocycles. The fraction of sp³-hybridized carbons (Fsp3) is 0.522. The molecule has 0 bridgehead atoms. The van der Waals surface area contributed by atoms with E-state index in [9.17, 15) is 23.5 Å². The second kappa shape index (κ2) is 11.2. The van der Waals surface area contributed by atoms with E-state index in [4.69, 9.17) is 19.6 Å². The number of alkyl halides is 2. The Labute approximate surface area is 205 Å². The van der Waals surface area contributed by atoms with Gasteiger partial charge in [0.25, 0.3) is 5.91 Å². The second-order valence-corrected chi connectivity index (χ2v) is 8.64. The van der Waals surface area contributed by atoms with Gasteiger partial charge in [0.15, 0.2) is 23.0 Å². The second-order valence-electron chi connectivity index (χ2n) is 8.64. The molecule has 1 amide bonds. The first-order valence-corrected chi connectivity index (χ1v) is 11.5. The fourth-order valence-corrected chi connectivity index (χ4v) is 3.95. The van der Waals surface area contributed by atoms with E-state index in [2.05, 4.69) is 9.72 Å². The Kier molecular flexibility index (Phi) is 8.01. The molecule has 4 rings (SSSR count). The number of nitrogens with zero attached hydrogens (tertiary/aromatic N) is 3. The van der Waals surface area contributed by atoms with Crippen molar-refractivity contribution in [3.8, 4) is 23.0 Å². The van der Waals surface area contributed by atoms with Gasteiger partial charge in [-0.3, -0.25) is 9.69 Å². The van der Waals surface area contributed by atoms with Crippen LogP contribution in [-0.2, 0) is 16.1 Å². The monoisotopic (exact) mass is 510 g/mol. The summed E-state index contributed by atoms with van der Waals surface area (Å²) in [4.78, 5) is 32.5. The first-order valence-electron chi connectivity index (χ1n) is 11.5. The highest BCUT2D eigenvalue weighted by Gasteiger charge is 2.38. The van der Waals surface area contributed by atoms with Crippen LogP contribution in [-0.4, -0.2) is 84.5 Å². The lowest BCUT2D eigenvalue weighted by atomic mass is 10.1. The van der Waals surface area contributed by atoms with E-state index < -0.39 is 24.5 Å². The van der Waals surface area contributed by atoms with E-state index in [1.807, 2.05) is 0 Å². The molecule has 1 aliphatic heterocycles. The lowest BCUT2D eigenvalue weighted by molar-refractivity contribution is -0.145. The van der Waals surface area contributed by atoms with Crippen LogP contribution in [0.15, 0.2) is 22.6 Å². The standard InChI is InChI=1S/C23H28F2N4O7/c1-33-12-28-6-7-29(15(10-28)22(31)32)21(30)19-18(9-26)35-20(27-19)14-4-5-16(36-23(24)25)17(8-14)34-11-13-2-3-13/h4-5,8,13,15,23H,2-3,6-7,9-12,26H2,1H3,(H,31,32). The van der Waals surface area contributed by atoms with Crippen molar-refractivity contribution in [2.45, 2.75) is 32.0 Å². The van der Waals surface area contributed by atoms with Crippen LogP contribution in [0.3, 0.4) is 0 Å². The van der Waals surface area contributed by atoms with Crippen LogP contribution >= 0.6 is 0 Å². The number of ether oxygens (including phenoxy) is 3. The van der Waals surface area contributed by atoms with Crippen LogP contribution in [0.4, 0.5) is 8.78 Å². The Morgan fingerprint density at radius 1 is 1.28 bits per heavy atom. The summed E-state index contributed by atoms with van der Waals surface area (Å²) < 4.78 is 46.7. The summed E-state index contributed by atoms with van der Waals surface area (Å²) in [5, 5.41) is 9.70. The number of methoxy groups -OCH3 is 1. The number of hydrogen-bond acceptors (Lipinski definition) is 9. The molecule has 1 saturated heterocycles. The van der Waals surface area contributed by atoms with Gasteiger partial charge in [-0.05, 0) is 37.0 Å². The van der Waals surface area contributed by atoms with E-state index in [1.165, 1.54) is 30.2 Å². The van der Waals surface area contributed by atoms with Crippen LogP contribution in [0.1, 0.15) is 29.1 Å². The third kappa shape index (κ3) is 5.91. The van der Waals surface area contributed by atoms with E-state index in [0.29, 0.717) is 24.6 Å². The molecule has 2 heterocycles. The molecule has 2 fully saturated rings. The molecular formula is C23H28F2N4O7. The van der Waals surface area contributed by atoms with Crippen molar-refractivity contribution in [2.24, 2.45) is 11.7 Å². The average molecular weight is 510 g/mol. The fourth-order valence-electron chi connectivity index (χ4n) is 3.95. The van der Waals surface area contributed by atoms with Gasteiger partial charge in [-0.2, -0.15) is 8.78 Å². The lowest BCUT2D eigenvalue weighted by Crippen LogP contribution is -2.58. The summed E-state index contributed by atoms with van der Waals surface area (Å²) in [7, 11) is 1.51. The molecule has 13 heteroatoms. The quantitative estimate of drug-likeness (QED) is 0.461. The van der Waals surface area contributed by atoms with Gasteiger partial charge in [0.1, 0.15) is 6.04 Å². The van der Waals surface area contributed by atoms with Crippen LogP contribution < -0.4 is 15.2 Å². The topological polar surface area (TPSA) is 141 Å². The van der Waals surface area contributed by atoms with Gasteiger partial charge in [-0.25, -0.2) is 9.78 Å². The molecule has 1 saturated carbocycles. The predicted octanol–water partition coefficient (Wildman–Crippen LogP) is 2.01. The molecular weight excluding hydrogens is 482 g/mol. The van der Waals surface area contributed by atoms with Crippen LogP contribution in [0.2, 0.25) is 0 Å². The molecule has 1 atom stereocenters. The van der Waals surface area contributed by atoms with Crippen molar-refractivity contribution >= 4 is 11.9 Å². The average Bonchev–Trinajstić information content (AvgIpc) is 3.58. The first-order chi connectivity index (χ1) is 17.3. The SMILES string of the molecule is COCN1CCN(C(=O)c2nc(-c3ccc(OC(F)F)c(OCC4CC4)c3)oc2CN)C(C(=O)O)C1. The summed E-state index contributed by atoms with van der Waals surface area (Å²) in [5.41, 5.74) is 6.04. The maximum atomic E-state index is 13.3. The maximum Gasteiger partial charge on any atom is 0.387 e. The number of carboxylic acids is 1. The van der Waals surface area contributed by atoms with Crippen molar-refractivity contribution in [2.75, 3.05) is 40.1 Å². The molecule has 2 aromatic rings. The minimum absolute atomic E-state index is 0.0172. The first kappa shape index (κ1) is 25.8. The number of halogens is 2. The number of benzene rings is 1. The van der Waals surface area contributed by atoms with E-state index in [1.54, 1.807) is 4.90 Å². The van der Waals surface area contributed by atoms with Crippen LogP contribution in [0.25, 0.3) is 11.5 Å². The highest BCUT2D eigenvalue weighted by molar-refractivity contribution is 5.96. The molecule has 2 aliphatic rings. The molecule has 1 aromatic carbocycles. The molecule has 1 unspecified atom stereocenters. The number of piperazine rings is 1. The number of carbonyl (C=O) groups is 2. The van der Waals surface area contributed by atoms with Gasteiger partial charge < -0.3 is 34.4 Å². The number of oxazole rings is 1. The van der Waals surface area contributed by atoms with E-state index >= 15 is 0 Å². The molecule has 0 radical (unpaired) electrons. The highest BCUT2D eigenvalue weighted by atomic mass is 19.3. The van der Waals surface area contributed by atoms with Gasteiger partial charge >= 0.3 is 12.6 Å². The van der Waals surface area contributed by atoms with Crippen molar-refractivity contribution in [3.05, 3.63) is 29.7 Å². The van der Waals surface area contributed by atoms with Gasteiger partial charge in [-0.15, -0.1) is 0 Å². The third-order valence-corrected chi connectivity index (χ3v) is 5.99. The zero-order valence-corrected chi connectivity index (χ0v) is 19.7. The molecule has 36 heavy (non-hydrogen) atoms. The minimum Gasteiger partial charge on any atom is -0.489 e. The van der Waals surface area contributed by atoms with Gasteiger partial charge in [0.2, 0.25) is 5.89 Å². The van der Waals surface area contributed by atoms with E-state index in [-0.39, 0.29) is 55.2 Å². The maximum absolute atomic E-state index is 13.3. The van der Waals surface area contributed by atoms with Crippen molar-refractivity contribution < 1.29 is 42.1 Å². The number of aromatic nitrogens is 1. The number of aliphatic carboxylic acids is 1. The number of carboxylic acid groups (broad SMARTS) is 1. The Bertz CT molecular complexity index is 1090. The summed E-state index contributed by atoms with van der Waals surface area (Å²) >= 11 is 0. The summed E-state index contributed by atoms with van der Waals surface area (Å²) in [6.45, 7) is -1.94. The number of carbonyl (C=O) groups excluding carboxylic acids is 1. The normalized spacial score (nSPS) is 18.5. The van der Waals surface area contributed by atoms with Crippen LogP contribution in [0, 0.1) is 5.92 Å².